The van der Waals surface area contributed by atoms with Gasteiger partial charge < -0.3 is 96.3 Å². The van der Waals surface area contributed by atoms with Gasteiger partial charge in [0.05, 0.1) is 85.5 Å². The Morgan fingerprint density at radius 2 is 0.952 bits per heavy atom. The molecule has 40 heteroatoms. The molecule has 0 aliphatic rings. The van der Waals surface area contributed by atoms with Crippen molar-refractivity contribution in [2.75, 3.05) is 37.8 Å². The summed E-state index contributed by atoms with van der Waals surface area (Å²) in [7, 11) is 0. The van der Waals surface area contributed by atoms with Crippen LogP contribution in [0.25, 0.3) is 0 Å². The molecule has 0 radical (unpaired) electrons. The predicted octanol–water partition coefficient (Wildman–Crippen LogP) is 0.793. The number of amidine groups is 1. The number of phenols is 1. The van der Waals surface area contributed by atoms with Crippen molar-refractivity contribution in [3.05, 3.63) is 65.7 Å². The minimum atomic E-state index is -1.72. The van der Waals surface area contributed by atoms with Gasteiger partial charge in [0.25, 0.3) is 0 Å². The van der Waals surface area contributed by atoms with Gasteiger partial charge in [-0.3, -0.25) is 97.1 Å². The molecule has 0 aromatic heterocycles. The molecule has 0 aliphatic carbocycles. The molecule has 0 fully saturated rings. The Bertz CT molecular complexity index is 3990. The second kappa shape index (κ2) is 58.6. The lowest BCUT2D eigenvalue weighted by Crippen LogP contribution is -2.56. The number of carboxylic acids is 2. The first-order valence-electron chi connectivity index (χ1n) is 42.1. The Morgan fingerprint density at radius 3 is 1.50 bits per heavy atom. The number of ketones is 7. The number of aromatic hydroxyl groups is 1. The number of aliphatic hydroxyl groups is 2. The van der Waals surface area contributed by atoms with Crippen molar-refractivity contribution in [3.8, 4) is 5.75 Å². The van der Waals surface area contributed by atoms with E-state index in [4.69, 9.17) is 33.8 Å². The first-order valence-corrected chi connectivity index (χ1v) is 43.4. The zero-order valence-electron chi connectivity index (χ0n) is 72.3. The number of benzene rings is 2. The predicted molar refractivity (Wildman–Crippen MR) is 468 cm³/mol. The van der Waals surface area contributed by atoms with Gasteiger partial charge in [-0.2, -0.15) is 25.3 Å². The molecule has 24 N–H and O–H groups in total. The minimum absolute atomic E-state index is 0.0299. The van der Waals surface area contributed by atoms with Crippen molar-refractivity contribution in [1.82, 2.24) is 47.9 Å². The second-order valence-electron chi connectivity index (χ2n) is 32.6. The Kier molecular flexibility index (Phi) is 51.8. The van der Waals surface area contributed by atoms with E-state index in [0.717, 1.165) is 0 Å². The summed E-state index contributed by atoms with van der Waals surface area (Å²) < 4.78 is 0. The Hall–Kier alpha value is -10.6. The molecule has 0 spiro atoms. The van der Waals surface area contributed by atoms with E-state index in [2.05, 4.69) is 73.1 Å². The normalized spacial score (nSPS) is 14.6. The van der Waals surface area contributed by atoms with Crippen LogP contribution in [0.5, 0.6) is 5.75 Å². The van der Waals surface area contributed by atoms with E-state index < -0.39 is 279 Å². The van der Waals surface area contributed by atoms with Crippen LogP contribution in [0.1, 0.15) is 194 Å². The number of hydrogen-bond donors (Lipinski definition) is 22. The van der Waals surface area contributed by atoms with E-state index in [1.807, 2.05) is 13.8 Å². The zero-order chi connectivity index (χ0) is 94.3. The number of unbranched alkanes of at least 4 members (excludes halogenated alkanes) is 1. The van der Waals surface area contributed by atoms with Gasteiger partial charge in [-0.15, -0.1) is 0 Å². The number of aliphatic carboxylic acids is 2. The van der Waals surface area contributed by atoms with Crippen LogP contribution < -0.4 is 70.8 Å². The lowest BCUT2D eigenvalue weighted by atomic mass is 9.86. The van der Waals surface area contributed by atoms with Gasteiger partial charge in [0.15, 0.2) is 40.7 Å². The van der Waals surface area contributed by atoms with Crippen molar-refractivity contribution in [3.63, 3.8) is 0 Å². The van der Waals surface area contributed by atoms with Gasteiger partial charge in [-0.25, -0.2) is 0 Å². The number of carbonyl (C=O) groups excluding carboxylic acids is 16. The van der Waals surface area contributed by atoms with Gasteiger partial charge in [0, 0.05) is 101 Å². The number of hydrogen-bond acceptors (Lipinski definition) is 26. The van der Waals surface area contributed by atoms with Crippen LogP contribution in [-0.4, -0.2) is 229 Å². The summed E-state index contributed by atoms with van der Waals surface area (Å²) in [5.74, 6) is -25.9. The molecule has 14 atom stereocenters. The fourth-order valence-electron chi connectivity index (χ4n) is 13.5. The summed E-state index contributed by atoms with van der Waals surface area (Å²) in [5, 5.41) is 88.2. The quantitative estimate of drug-likeness (QED) is 0.0188. The van der Waals surface area contributed by atoms with E-state index in [9.17, 15) is 112 Å². The first kappa shape index (κ1) is 110. The highest BCUT2D eigenvalue weighted by molar-refractivity contribution is 7.80. The average molecular weight is 1800 g/mol. The van der Waals surface area contributed by atoms with Gasteiger partial charge in [-0.05, 0) is 105 Å². The van der Waals surface area contributed by atoms with Gasteiger partial charge in [0.2, 0.25) is 53.2 Å². The summed E-state index contributed by atoms with van der Waals surface area (Å²) >= 11 is 8.51. The molecule has 2 aromatic rings. The molecule has 125 heavy (non-hydrogen) atoms. The topological polar surface area (TPSA) is 668 Å². The summed E-state index contributed by atoms with van der Waals surface area (Å²) in [4.78, 5) is 245. The van der Waals surface area contributed by atoms with Crippen molar-refractivity contribution in [1.29, 1.82) is 10.8 Å². The summed E-state index contributed by atoms with van der Waals surface area (Å²) in [6, 6.07) is 3.50. The van der Waals surface area contributed by atoms with Crippen LogP contribution in [0, 0.1) is 64.1 Å². The summed E-state index contributed by atoms with van der Waals surface area (Å²) in [5.41, 5.74) is 23.9. The fourth-order valence-corrected chi connectivity index (χ4v) is 14.1. The van der Waals surface area contributed by atoms with Gasteiger partial charge in [0.1, 0.15) is 23.6 Å². The number of nitrogens with one attached hydrogen (secondary N) is 11. The molecular weight excluding hydrogens is 1660 g/mol. The Balaban J connectivity index is 2.28. The number of primary amides is 1. The van der Waals surface area contributed by atoms with E-state index in [-0.39, 0.29) is 112 Å². The van der Waals surface area contributed by atoms with E-state index in [1.54, 1.807) is 51.1 Å². The molecule has 38 nitrogen and oxygen atoms in total. The lowest BCUT2D eigenvalue weighted by Gasteiger charge is -2.28. The molecule has 0 aliphatic heterocycles. The standard InChI is InChI=1S/C85H131N15O23S2/c1-8-15-60(95-77(115)51(18-14-31-92-85(90)91)36-67(106)59(86)32-46(2)3)71(110)40-58(47(4)5)81(119)97-62(25-28-73(89)111)69(108)39-55(44-124)80(118)96-61(19-12-13-20-72(87)88)68(107)38-54(43-102)79(117)100-76(48(6)7)83(121)98-63(26-30-75(113)114)82(120)93-41-57(104)35-53(42-101)78(116)99-65(45-125)66(105)27-29-74(112)94-64(34-49-16-10-9-11-17-49)70(109)37-52(84(122)123)33-50-21-23-56(103)24-22-50/h9-11,16-17,21-24,46-48,51-55,58-65,76,101-103,124-125H,8,12-15,18-20,25-45,86H2,1-7H3,(H3,87,88)(H2,89,111)(H,93,120)(H,94,112)(H,95,115)(H,96,118)(H,97,119)(H,98,121)(H,99,116)(H,100,117)(H,113,114)(H,122,123)(H4,90,91,92)/t51-,52-,53+,54+,55+,58+,59+,60+,61+,62+,63+,64+,65+,76+/m1/s1. The highest BCUT2D eigenvalue weighted by Gasteiger charge is 2.39. The van der Waals surface area contributed by atoms with E-state index in [1.165, 1.54) is 38.1 Å². The first-order chi connectivity index (χ1) is 58.9. The maximum Gasteiger partial charge on any atom is 0.307 e. The number of rotatable bonds is 67. The number of amides is 9. The Morgan fingerprint density at radius 1 is 0.440 bits per heavy atom. The van der Waals surface area contributed by atoms with Crippen molar-refractivity contribution < 1.29 is 112 Å². The second-order valence-corrected chi connectivity index (χ2v) is 33.3. The van der Waals surface area contributed by atoms with Crippen molar-refractivity contribution in [2.45, 2.75) is 244 Å². The number of aliphatic hydroxyl groups excluding tert-OH is 2. The zero-order valence-corrected chi connectivity index (χ0v) is 74.1. The molecule has 0 heterocycles. The monoisotopic (exact) mass is 1790 g/mol. The number of thiol groups is 2. The molecule has 0 bridgehead atoms. The molecule has 696 valence electrons. The number of guanidine groups is 1. The molecule has 9 amide bonds. The Labute approximate surface area is 739 Å². The number of Topliss-reactive ketones (excluding diaryl/α,β-unsaturated/α-hetero) is 7. The molecule has 2 rings (SSSR count). The molecule has 0 saturated heterocycles. The number of phenolic OH excluding ortho intramolecular Hbond substituents is 1. The largest absolute Gasteiger partial charge is 0.508 e. The third kappa shape index (κ3) is 43.3. The maximum atomic E-state index is 14.4. The number of nitrogens with two attached hydrogens (primary N) is 4. The third-order valence-electron chi connectivity index (χ3n) is 21.0. The summed E-state index contributed by atoms with van der Waals surface area (Å²) in [6.07, 6.45) is -4.83. The molecular formula is C85H131N15O23S2. The molecule has 0 saturated carbocycles. The lowest BCUT2D eigenvalue weighted by molar-refractivity contribution is -0.144. The molecule has 2 aromatic carbocycles. The van der Waals surface area contributed by atoms with E-state index in [0.29, 0.717) is 30.4 Å². The number of carboxylic acid groups (broad SMARTS) is 2. The van der Waals surface area contributed by atoms with E-state index >= 15 is 0 Å². The van der Waals surface area contributed by atoms with Crippen LogP contribution in [0.2, 0.25) is 0 Å². The maximum absolute atomic E-state index is 14.4. The van der Waals surface area contributed by atoms with Crippen LogP contribution >= 0.6 is 25.3 Å². The molecule has 0 unspecified atom stereocenters. The van der Waals surface area contributed by atoms with Crippen molar-refractivity contribution >= 4 is 143 Å². The van der Waals surface area contributed by atoms with Gasteiger partial charge in [-0.1, -0.05) is 104 Å². The van der Waals surface area contributed by atoms with Crippen LogP contribution in [0.15, 0.2) is 54.6 Å². The highest BCUT2D eigenvalue weighted by atomic mass is 32.1. The summed E-state index contributed by atoms with van der Waals surface area (Å²) in [6.45, 7) is 9.17. The van der Waals surface area contributed by atoms with Gasteiger partial charge >= 0.3 is 11.9 Å². The van der Waals surface area contributed by atoms with Crippen LogP contribution in [0.3, 0.4) is 0 Å². The minimum Gasteiger partial charge on any atom is -0.508 e. The number of carbonyl (C=O) groups is 18. The van der Waals surface area contributed by atoms with Crippen molar-refractivity contribution in [2.24, 2.45) is 76.2 Å². The smallest absolute Gasteiger partial charge is 0.307 e. The highest BCUT2D eigenvalue weighted by Crippen LogP contribution is 2.25. The van der Waals surface area contributed by atoms with Crippen LogP contribution in [-0.2, 0) is 99.1 Å². The average Bonchev–Trinajstić information content (AvgIpc) is 0.851. The van der Waals surface area contributed by atoms with Crippen LogP contribution in [0.4, 0.5) is 0 Å². The third-order valence-corrected chi connectivity index (χ3v) is 21.8. The SMILES string of the molecule is CCC[C@H](NC(=O)[C@H](CCCNC(=N)N)CC(=O)[C@@H](N)CC(C)C)C(=O)C[C@H](C(=O)N[C@@H](CCC(N)=O)C(=O)C[C@@H](CS)C(=O)N[C@@H](CCCCC(=N)N)C(=O)C[C@@H](CO)C(=O)N[C@H](C(=O)N[C@@H](CCC(=O)O)C(=O)NCC(=O)C[C@@H](CO)C(=O)N[C@@H](CS)C(=O)CCC(=O)N[C@@H](Cc1ccccc1)C(=O)C[C@@H](Cc1ccc(O)cc1)C(=O)O)C(C)C)C(C)C. The fraction of sp³-hybridized carbons (Fsp3) is 0.624.